The summed E-state index contributed by atoms with van der Waals surface area (Å²) in [5.41, 5.74) is 2.21. The molecule has 0 spiro atoms. The van der Waals surface area contributed by atoms with E-state index in [2.05, 4.69) is 18.2 Å². The van der Waals surface area contributed by atoms with E-state index in [0.29, 0.717) is 29.2 Å². The molecule has 1 aliphatic heterocycles. The largest absolute Gasteiger partial charge is 0.524 e. The van der Waals surface area contributed by atoms with Crippen molar-refractivity contribution in [3.05, 3.63) is 41.5 Å². The third-order valence-electron chi connectivity index (χ3n) is 3.46. The molecule has 0 radical (unpaired) electrons. The number of aliphatic imine (C=N–C) groups is 1. The lowest BCUT2D eigenvalue weighted by Crippen LogP contribution is -2.17. The molecule has 0 atom stereocenters. The molecule has 0 saturated heterocycles. The quantitative estimate of drug-likeness (QED) is 0.805. The highest BCUT2D eigenvalue weighted by Crippen LogP contribution is 2.42. The molecule has 6 nitrogen and oxygen atoms in total. The Bertz CT molecular complexity index is 745. The van der Waals surface area contributed by atoms with Gasteiger partial charge in [-0.05, 0) is 38.0 Å². The zero-order valence-electron chi connectivity index (χ0n) is 13.4. The zero-order valence-corrected chi connectivity index (χ0v) is 14.3. The molecule has 1 aromatic carbocycles. The van der Waals surface area contributed by atoms with Crippen molar-refractivity contribution in [3.63, 3.8) is 0 Å². The van der Waals surface area contributed by atoms with Crippen molar-refractivity contribution in [2.45, 2.75) is 26.3 Å². The molecule has 0 saturated carbocycles. The lowest BCUT2D eigenvalue weighted by molar-refractivity contribution is 0.278. The molecule has 2 rings (SSSR count). The standard InChI is InChI=1S/C16H20NO5P/c1-6-11-10(3)13(15-17-16(4,5)9-21-15)8-14(12(11)7-2)22-23(18,19)20/h6-8H,1-2,9H2,3-5H3,(H2,18,19,20). The van der Waals surface area contributed by atoms with Crippen LogP contribution in [0.1, 0.15) is 36.1 Å². The molecule has 7 heteroatoms. The first-order valence-electron chi connectivity index (χ1n) is 6.98. The Morgan fingerprint density at radius 3 is 2.39 bits per heavy atom. The minimum absolute atomic E-state index is 0.0137. The summed E-state index contributed by atoms with van der Waals surface area (Å²) in [6, 6.07) is 1.51. The van der Waals surface area contributed by atoms with E-state index >= 15 is 0 Å². The highest BCUT2D eigenvalue weighted by Gasteiger charge is 2.30. The van der Waals surface area contributed by atoms with Gasteiger partial charge in [0.1, 0.15) is 12.4 Å². The van der Waals surface area contributed by atoms with Crippen LogP contribution in [-0.2, 0) is 9.30 Å². The van der Waals surface area contributed by atoms with Crippen LogP contribution in [0.3, 0.4) is 0 Å². The second-order valence-electron chi connectivity index (χ2n) is 5.88. The second-order valence-corrected chi connectivity index (χ2v) is 7.05. The minimum atomic E-state index is -4.71. The average Bonchev–Trinajstić information content (AvgIpc) is 2.78. The van der Waals surface area contributed by atoms with Gasteiger partial charge < -0.3 is 9.26 Å². The maximum atomic E-state index is 11.2. The third kappa shape index (κ3) is 3.72. The topological polar surface area (TPSA) is 88.4 Å². The van der Waals surface area contributed by atoms with Crippen LogP contribution in [0.15, 0.2) is 24.2 Å². The molecule has 1 heterocycles. The molecule has 0 fully saturated rings. The molecule has 23 heavy (non-hydrogen) atoms. The Balaban J connectivity index is 2.69. The molecule has 124 valence electrons. The first kappa shape index (κ1) is 17.5. The Labute approximate surface area is 135 Å². The van der Waals surface area contributed by atoms with Crippen LogP contribution in [0.5, 0.6) is 5.75 Å². The van der Waals surface area contributed by atoms with Gasteiger partial charge in [-0.1, -0.05) is 25.3 Å². The lowest BCUT2D eigenvalue weighted by Gasteiger charge is -2.17. The molecule has 0 amide bonds. The normalized spacial score (nSPS) is 16.5. The summed E-state index contributed by atoms with van der Waals surface area (Å²) in [4.78, 5) is 22.8. The number of rotatable bonds is 5. The Morgan fingerprint density at radius 2 is 1.96 bits per heavy atom. The molecule has 0 bridgehead atoms. The number of benzene rings is 1. The van der Waals surface area contributed by atoms with E-state index in [0.717, 1.165) is 5.56 Å². The number of hydrogen-bond donors (Lipinski definition) is 2. The van der Waals surface area contributed by atoms with E-state index in [1.165, 1.54) is 12.1 Å². The van der Waals surface area contributed by atoms with E-state index in [1.54, 1.807) is 6.08 Å². The van der Waals surface area contributed by atoms with E-state index in [9.17, 15) is 4.57 Å². The van der Waals surface area contributed by atoms with Gasteiger partial charge in [0.15, 0.2) is 0 Å². The monoisotopic (exact) mass is 337 g/mol. The van der Waals surface area contributed by atoms with Crippen molar-refractivity contribution in [2.24, 2.45) is 4.99 Å². The number of phosphoric acid groups is 1. The summed E-state index contributed by atoms with van der Waals surface area (Å²) in [7, 11) is -4.71. The van der Waals surface area contributed by atoms with Crippen molar-refractivity contribution in [1.82, 2.24) is 0 Å². The van der Waals surface area contributed by atoms with Gasteiger partial charge in [-0.15, -0.1) is 0 Å². The molecule has 1 aromatic rings. The summed E-state index contributed by atoms with van der Waals surface area (Å²) in [6.07, 6.45) is 3.06. The van der Waals surface area contributed by atoms with E-state index in [1.807, 2.05) is 20.8 Å². The lowest BCUT2D eigenvalue weighted by atomic mass is 9.95. The van der Waals surface area contributed by atoms with Gasteiger partial charge in [0.25, 0.3) is 0 Å². The van der Waals surface area contributed by atoms with Gasteiger partial charge in [0.05, 0.1) is 5.54 Å². The van der Waals surface area contributed by atoms with Crippen molar-refractivity contribution in [1.29, 1.82) is 0 Å². The maximum Gasteiger partial charge on any atom is 0.524 e. The van der Waals surface area contributed by atoms with Gasteiger partial charge in [0.2, 0.25) is 5.90 Å². The fourth-order valence-electron chi connectivity index (χ4n) is 2.42. The number of ether oxygens (including phenoxy) is 1. The van der Waals surface area contributed by atoms with Crippen LogP contribution in [0, 0.1) is 6.92 Å². The fourth-order valence-corrected chi connectivity index (χ4v) is 2.83. The van der Waals surface area contributed by atoms with Crippen LogP contribution in [-0.4, -0.2) is 27.8 Å². The van der Waals surface area contributed by atoms with Crippen LogP contribution < -0.4 is 4.52 Å². The maximum absolute atomic E-state index is 11.2. The predicted octanol–water partition coefficient (Wildman–Crippen LogP) is 3.31. The van der Waals surface area contributed by atoms with Crippen LogP contribution in [0.4, 0.5) is 0 Å². The number of phosphoric ester groups is 1. The molecule has 1 aliphatic rings. The van der Waals surface area contributed by atoms with Crippen molar-refractivity contribution in [3.8, 4) is 5.75 Å². The van der Waals surface area contributed by atoms with Gasteiger partial charge in [0, 0.05) is 11.1 Å². The van der Waals surface area contributed by atoms with E-state index in [4.69, 9.17) is 19.0 Å². The summed E-state index contributed by atoms with van der Waals surface area (Å²) in [6.45, 7) is 13.6. The third-order valence-corrected chi connectivity index (χ3v) is 3.90. The Morgan fingerprint density at radius 1 is 1.35 bits per heavy atom. The molecular formula is C16H20NO5P. The SMILES string of the molecule is C=Cc1c(OP(=O)(O)O)cc(C2=NC(C)(C)CO2)c(C)c1C=C. The van der Waals surface area contributed by atoms with Gasteiger partial charge >= 0.3 is 7.82 Å². The van der Waals surface area contributed by atoms with E-state index in [-0.39, 0.29) is 11.3 Å². The van der Waals surface area contributed by atoms with Crippen molar-refractivity contribution < 1.29 is 23.6 Å². The smallest absolute Gasteiger partial charge is 0.475 e. The summed E-state index contributed by atoms with van der Waals surface area (Å²) in [5.74, 6) is 0.432. The summed E-state index contributed by atoms with van der Waals surface area (Å²) in [5, 5.41) is 0. The second kappa shape index (κ2) is 5.96. The highest BCUT2D eigenvalue weighted by molar-refractivity contribution is 7.46. The summed E-state index contributed by atoms with van der Waals surface area (Å²) < 4.78 is 21.7. The molecule has 0 aliphatic carbocycles. The van der Waals surface area contributed by atoms with Gasteiger partial charge in [-0.2, -0.15) is 0 Å². The first-order chi connectivity index (χ1) is 10.6. The van der Waals surface area contributed by atoms with Gasteiger partial charge in [-0.3, -0.25) is 9.79 Å². The zero-order chi connectivity index (χ0) is 17.4. The van der Waals surface area contributed by atoms with Crippen LogP contribution in [0.25, 0.3) is 12.2 Å². The van der Waals surface area contributed by atoms with Crippen molar-refractivity contribution >= 4 is 25.9 Å². The molecule has 0 aromatic heterocycles. The van der Waals surface area contributed by atoms with Crippen LogP contribution in [0.2, 0.25) is 0 Å². The molecular weight excluding hydrogens is 317 g/mol. The summed E-state index contributed by atoms with van der Waals surface area (Å²) >= 11 is 0. The van der Waals surface area contributed by atoms with E-state index < -0.39 is 7.82 Å². The van der Waals surface area contributed by atoms with Crippen molar-refractivity contribution in [2.75, 3.05) is 6.61 Å². The minimum Gasteiger partial charge on any atom is -0.475 e. The number of hydrogen-bond acceptors (Lipinski definition) is 4. The number of nitrogens with zero attached hydrogens (tertiary/aromatic N) is 1. The highest BCUT2D eigenvalue weighted by atomic mass is 31.2. The van der Waals surface area contributed by atoms with Crippen LogP contribution >= 0.6 is 7.82 Å². The molecule has 2 N–H and O–H groups in total. The van der Waals surface area contributed by atoms with Gasteiger partial charge in [-0.25, -0.2) is 9.56 Å². The predicted molar refractivity (Wildman–Crippen MR) is 90.6 cm³/mol. The molecule has 0 unspecified atom stereocenters. The first-order valence-corrected chi connectivity index (χ1v) is 8.51. The fraction of sp³-hybridized carbons (Fsp3) is 0.312. The Kier molecular flexibility index (Phi) is 4.53. The average molecular weight is 337 g/mol. The Hall–Kier alpha value is -1.88.